The minimum Gasteiger partial charge on any atom is -0.387 e. The highest BCUT2D eigenvalue weighted by atomic mass is 79.9. The van der Waals surface area contributed by atoms with Crippen LogP contribution in [-0.4, -0.2) is 21.4 Å². The molecule has 0 bridgehead atoms. The van der Waals surface area contributed by atoms with Crippen molar-refractivity contribution >= 4 is 15.9 Å². The summed E-state index contributed by atoms with van der Waals surface area (Å²) in [6, 6.07) is 1.79. The van der Waals surface area contributed by atoms with E-state index in [1.165, 1.54) is 0 Å². The number of halogens is 1. The molecule has 0 aromatic carbocycles. The van der Waals surface area contributed by atoms with Crippen LogP contribution in [0.15, 0.2) is 10.7 Å². The van der Waals surface area contributed by atoms with E-state index >= 15 is 0 Å². The third-order valence-electron chi connectivity index (χ3n) is 1.67. The summed E-state index contributed by atoms with van der Waals surface area (Å²) in [5, 5.41) is 13.6. The maximum absolute atomic E-state index is 9.55. The third-order valence-corrected chi connectivity index (χ3v) is 2.06. The molecule has 12 heavy (non-hydrogen) atoms. The largest absolute Gasteiger partial charge is 0.387 e. The molecule has 4 nitrogen and oxygen atoms in total. The summed E-state index contributed by atoms with van der Waals surface area (Å²) in [6.07, 6.45) is 0.0465. The van der Waals surface area contributed by atoms with Gasteiger partial charge in [0.2, 0.25) is 0 Å². The Bertz CT molecular complexity index is 261. The summed E-state index contributed by atoms with van der Waals surface area (Å²) in [5.41, 5.74) is 6.11. The first-order chi connectivity index (χ1) is 5.65. The highest BCUT2D eigenvalue weighted by Crippen LogP contribution is 2.18. The smallest absolute Gasteiger partial charge is 0.128 e. The van der Waals surface area contributed by atoms with Crippen molar-refractivity contribution in [2.24, 2.45) is 12.8 Å². The van der Waals surface area contributed by atoms with E-state index < -0.39 is 6.10 Å². The molecule has 0 aliphatic rings. The summed E-state index contributed by atoms with van der Waals surface area (Å²) < 4.78 is 2.38. The maximum Gasteiger partial charge on any atom is 0.128 e. The highest BCUT2D eigenvalue weighted by Gasteiger charge is 2.11. The number of rotatable bonds is 3. The molecule has 0 spiro atoms. The minimum atomic E-state index is -0.515. The Balaban J connectivity index is 2.79. The number of nitrogens with two attached hydrogens (primary N) is 1. The van der Waals surface area contributed by atoms with Gasteiger partial charge in [-0.25, -0.2) is 0 Å². The lowest BCUT2D eigenvalue weighted by Crippen LogP contribution is -2.10. The van der Waals surface area contributed by atoms with Crippen LogP contribution in [0.3, 0.4) is 0 Å². The topological polar surface area (TPSA) is 64.1 Å². The van der Waals surface area contributed by atoms with E-state index in [4.69, 9.17) is 5.73 Å². The molecule has 0 aliphatic heterocycles. The van der Waals surface area contributed by atoms with Gasteiger partial charge >= 0.3 is 0 Å². The van der Waals surface area contributed by atoms with Gasteiger partial charge in [0, 0.05) is 7.05 Å². The predicted molar refractivity (Wildman–Crippen MR) is 49.5 cm³/mol. The zero-order valence-corrected chi connectivity index (χ0v) is 8.45. The van der Waals surface area contributed by atoms with Crippen molar-refractivity contribution in [3.8, 4) is 0 Å². The zero-order valence-electron chi connectivity index (χ0n) is 6.87. The molecule has 0 saturated carbocycles. The minimum absolute atomic E-state index is 0.476. The fourth-order valence-electron chi connectivity index (χ4n) is 1.06. The summed E-state index contributed by atoms with van der Waals surface area (Å²) in [6.45, 7) is 0.476. The fraction of sp³-hybridized carbons (Fsp3) is 0.571. The van der Waals surface area contributed by atoms with E-state index in [2.05, 4.69) is 21.0 Å². The van der Waals surface area contributed by atoms with Crippen molar-refractivity contribution in [1.82, 2.24) is 9.78 Å². The molecule has 1 atom stereocenters. The lowest BCUT2D eigenvalue weighted by molar-refractivity contribution is 0.160. The molecular formula is C7H12BrN3O. The summed E-state index contributed by atoms with van der Waals surface area (Å²) in [7, 11) is 1.79. The molecule has 1 aromatic rings. The van der Waals surface area contributed by atoms with Crippen LogP contribution in [0.25, 0.3) is 0 Å². The Morgan fingerprint density at radius 2 is 2.50 bits per heavy atom. The van der Waals surface area contributed by atoms with Crippen LogP contribution in [0, 0.1) is 0 Å². The molecule has 0 fully saturated rings. The molecule has 5 heteroatoms. The normalized spacial score (nSPS) is 13.3. The average Bonchev–Trinajstić information content (AvgIpc) is 2.30. The van der Waals surface area contributed by atoms with Crippen LogP contribution in [0.5, 0.6) is 0 Å². The first-order valence-corrected chi connectivity index (χ1v) is 4.52. The third kappa shape index (κ3) is 2.06. The molecule has 68 valence electrons. The van der Waals surface area contributed by atoms with Gasteiger partial charge in [-0.1, -0.05) is 0 Å². The highest BCUT2D eigenvalue weighted by molar-refractivity contribution is 9.10. The number of hydrogen-bond acceptors (Lipinski definition) is 3. The van der Waals surface area contributed by atoms with Crippen LogP contribution >= 0.6 is 15.9 Å². The molecule has 0 unspecified atom stereocenters. The van der Waals surface area contributed by atoms with Crippen molar-refractivity contribution in [3.05, 3.63) is 16.4 Å². The van der Waals surface area contributed by atoms with Crippen molar-refractivity contribution in [3.63, 3.8) is 0 Å². The van der Waals surface area contributed by atoms with Crippen LogP contribution in [0.4, 0.5) is 0 Å². The lowest BCUT2D eigenvalue weighted by atomic mass is 10.2. The van der Waals surface area contributed by atoms with Crippen molar-refractivity contribution in [2.75, 3.05) is 6.54 Å². The number of aromatic nitrogens is 2. The molecule has 3 N–H and O–H groups in total. The Labute approximate surface area is 79.5 Å². The Morgan fingerprint density at radius 1 is 1.83 bits per heavy atom. The molecule has 1 aromatic heterocycles. The summed E-state index contributed by atoms with van der Waals surface area (Å²) >= 11 is 3.23. The van der Waals surface area contributed by atoms with E-state index in [-0.39, 0.29) is 0 Å². The second-order valence-electron chi connectivity index (χ2n) is 2.61. The number of aliphatic hydroxyl groups is 1. The Kier molecular flexibility index (Phi) is 3.25. The van der Waals surface area contributed by atoms with Gasteiger partial charge < -0.3 is 10.8 Å². The SMILES string of the molecule is Cn1nc(Br)cc1[C@H](O)CCN. The number of hydrogen-bond donors (Lipinski definition) is 2. The lowest BCUT2D eigenvalue weighted by Gasteiger charge is -2.08. The van der Waals surface area contributed by atoms with Crippen molar-refractivity contribution < 1.29 is 5.11 Å². The fourth-order valence-corrected chi connectivity index (χ4v) is 1.54. The molecule has 1 heterocycles. The number of aryl methyl sites for hydroxylation is 1. The van der Waals surface area contributed by atoms with Gasteiger partial charge in [0.25, 0.3) is 0 Å². The molecule has 0 aliphatic carbocycles. The summed E-state index contributed by atoms with van der Waals surface area (Å²) in [4.78, 5) is 0. The quantitative estimate of drug-likeness (QED) is 0.803. The van der Waals surface area contributed by atoms with Crippen molar-refractivity contribution in [2.45, 2.75) is 12.5 Å². The standard InChI is InChI=1S/C7H12BrN3O/c1-11-5(4-7(8)10-11)6(12)2-3-9/h4,6,12H,2-3,9H2,1H3/t6-/m1/s1. The van der Waals surface area contributed by atoms with Gasteiger partial charge in [-0.15, -0.1) is 0 Å². The maximum atomic E-state index is 9.55. The average molecular weight is 234 g/mol. The monoisotopic (exact) mass is 233 g/mol. The van der Waals surface area contributed by atoms with Gasteiger partial charge in [-0.2, -0.15) is 5.10 Å². The van der Waals surface area contributed by atoms with Gasteiger partial charge in [0.15, 0.2) is 0 Å². The van der Waals surface area contributed by atoms with Crippen LogP contribution in [0.1, 0.15) is 18.2 Å². The second-order valence-corrected chi connectivity index (χ2v) is 3.42. The van der Waals surface area contributed by atoms with Gasteiger partial charge in [0.05, 0.1) is 11.8 Å². The first kappa shape index (κ1) is 9.70. The molecule has 0 radical (unpaired) electrons. The van der Waals surface area contributed by atoms with E-state index in [1.807, 2.05) is 0 Å². The van der Waals surface area contributed by atoms with Crippen LogP contribution < -0.4 is 5.73 Å². The Hall–Kier alpha value is -0.390. The summed E-state index contributed by atoms with van der Waals surface area (Å²) in [5.74, 6) is 0. The van der Waals surface area contributed by atoms with Gasteiger partial charge in [0.1, 0.15) is 4.60 Å². The second kappa shape index (κ2) is 4.02. The predicted octanol–water partition coefficient (Wildman–Crippen LogP) is 0.565. The number of nitrogens with zero attached hydrogens (tertiary/aromatic N) is 2. The molecular weight excluding hydrogens is 222 g/mol. The van der Waals surface area contributed by atoms with Crippen molar-refractivity contribution in [1.29, 1.82) is 0 Å². The van der Waals surface area contributed by atoms with Gasteiger partial charge in [-0.05, 0) is 35.0 Å². The van der Waals surface area contributed by atoms with E-state index in [1.54, 1.807) is 17.8 Å². The van der Waals surface area contributed by atoms with E-state index in [0.29, 0.717) is 13.0 Å². The molecule has 1 rings (SSSR count). The van der Waals surface area contributed by atoms with E-state index in [0.717, 1.165) is 10.3 Å². The van der Waals surface area contributed by atoms with Crippen LogP contribution in [0.2, 0.25) is 0 Å². The van der Waals surface area contributed by atoms with Gasteiger partial charge in [-0.3, -0.25) is 4.68 Å². The molecule has 0 amide bonds. The first-order valence-electron chi connectivity index (χ1n) is 3.72. The number of aliphatic hydroxyl groups excluding tert-OH is 1. The molecule has 0 saturated heterocycles. The zero-order chi connectivity index (χ0) is 9.14. The Morgan fingerprint density at radius 3 is 2.92 bits per heavy atom. The van der Waals surface area contributed by atoms with Crippen LogP contribution in [-0.2, 0) is 7.05 Å². The van der Waals surface area contributed by atoms with E-state index in [9.17, 15) is 5.11 Å².